The number of ether oxygens (including phenoxy) is 1. The van der Waals surface area contributed by atoms with Gasteiger partial charge in [0.2, 0.25) is 5.88 Å². The SMILES string of the molecule is OCc1c(Cl)cc(OC(F)(F)F)nc1C(F)F. The molecule has 9 heteroatoms. The minimum atomic E-state index is -5.06. The zero-order chi connectivity index (χ0) is 13.2. The van der Waals surface area contributed by atoms with Gasteiger partial charge in [0.15, 0.2) is 0 Å². The fraction of sp³-hybridized carbons (Fsp3) is 0.375. The molecule has 1 heterocycles. The smallest absolute Gasteiger partial charge is 0.392 e. The van der Waals surface area contributed by atoms with E-state index in [4.69, 9.17) is 16.7 Å². The van der Waals surface area contributed by atoms with E-state index in [0.29, 0.717) is 6.07 Å². The zero-order valence-corrected chi connectivity index (χ0v) is 8.69. The van der Waals surface area contributed by atoms with Crippen LogP contribution < -0.4 is 4.74 Å². The van der Waals surface area contributed by atoms with Crippen molar-refractivity contribution in [1.82, 2.24) is 4.98 Å². The van der Waals surface area contributed by atoms with E-state index in [1.54, 1.807) is 0 Å². The third-order valence-corrected chi connectivity index (χ3v) is 2.00. The Kier molecular flexibility index (Phi) is 4.10. The molecule has 0 aromatic carbocycles. The second-order valence-electron chi connectivity index (χ2n) is 2.81. The van der Waals surface area contributed by atoms with Gasteiger partial charge < -0.3 is 9.84 Å². The summed E-state index contributed by atoms with van der Waals surface area (Å²) in [5.41, 5.74) is -1.48. The lowest BCUT2D eigenvalue weighted by Crippen LogP contribution is -2.18. The van der Waals surface area contributed by atoms with Crippen molar-refractivity contribution in [3.8, 4) is 5.88 Å². The van der Waals surface area contributed by atoms with Crippen molar-refractivity contribution in [3.05, 3.63) is 22.3 Å². The van der Waals surface area contributed by atoms with E-state index in [1.165, 1.54) is 0 Å². The van der Waals surface area contributed by atoms with Gasteiger partial charge in [0.05, 0.1) is 11.6 Å². The largest absolute Gasteiger partial charge is 0.574 e. The van der Waals surface area contributed by atoms with Crippen LogP contribution in [0.25, 0.3) is 0 Å². The molecular weight excluding hydrogens is 273 g/mol. The molecule has 17 heavy (non-hydrogen) atoms. The Balaban J connectivity index is 3.20. The number of rotatable bonds is 3. The van der Waals surface area contributed by atoms with E-state index < -0.39 is 41.6 Å². The molecule has 1 rings (SSSR count). The van der Waals surface area contributed by atoms with E-state index in [2.05, 4.69) is 9.72 Å². The van der Waals surface area contributed by atoms with Crippen LogP contribution in [0.4, 0.5) is 22.0 Å². The first-order valence-electron chi connectivity index (χ1n) is 4.08. The number of aliphatic hydroxyl groups is 1. The summed E-state index contributed by atoms with van der Waals surface area (Å²) in [5, 5.41) is 8.28. The molecule has 0 spiro atoms. The molecule has 0 bridgehead atoms. The number of hydrogen-bond acceptors (Lipinski definition) is 3. The maximum Gasteiger partial charge on any atom is 0.574 e. The second kappa shape index (κ2) is 5.01. The molecule has 0 aliphatic rings. The van der Waals surface area contributed by atoms with Crippen LogP contribution in [0.3, 0.4) is 0 Å². The molecule has 0 aliphatic heterocycles. The van der Waals surface area contributed by atoms with Crippen molar-refractivity contribution in [2.75, 3.05) is 0 Å². The fourth-order valence-corrected chi connectivity index (χ4v) is 1.29. The number of pyridine rings is 1. The van der Waals surface area contributed by atoms with Crippen molar-refractivity contribution in [1.29, 1.82) is 0 Å². The molecule has 3 nitrogen and oxygen atoms in total. The van der Waals surface area contributed by atoms with Crippen molar-refractivity contribution in [2.45, 2.75) is 19.4 Å². The predicted molar refractivity (Wildman–Crippen MR) is 46.8 cm³/mol. The summed E-state index contributed by atoms with van der Waals surface area (Å²) in [6.07, 6.45) is -8.23. The van der Waals surface area contributed by atoms with Crippen molar-refractivity contribution in [2.24, 2.45) is 0 Å². The number of hydrogen-bond donors (Lipinski definition) is 1. The van der Waals surface area contributed by atoms with Gasteiger partial charge in [0, 0.05) is 11.6 Å². The number of halogens is 6. The first kappa shape index (κ1) is 13.9. The molecule has 0 atom stereocenters. The lowest BCUT2D eigenvalue weighted by atomic mass is 10.2. The highest BCUT2D eigenvalue weighted by atomic mass is 35.5. The Labute approximate surface area is 96.8 Å². The third kappa shape index (κ3) is 3.67. The van der Waals surface area contributed by atoms with Gasteiger partial charge in [-0.15, -0.1) is 13.2 Å². The van der Waals surface area contributed by atoms with E-state index in [1.807, 2.05) is 0 Å². The number of nitrogens with zero attached hydrogens (tertiary/aromatic N) is 1. The average Bonchev–Trinajstić information content (AvgIpc) is 2.13. The topological polar surface area (TPSA) is 42.4 Å². The highest BCUT2D eigenvalue weighted by Crippen LogP contribution is 2.32. The van der Waals surface area contributed by atoms with E-state index in [0.717, 1.165) is 0 Å². The standard InChI is InChI=1S/C8H5ClF5NO2/c9-4-1-5(17-8(12,13)14)15-6(7(10)11)3(4)2-16/h1,7,16H,2H2. The van der Waals surface area contributed by atoms with Crippen molar-refractivity contribution >= 4 is 11.6 Å². The Morgan fingerprint density at radius 1 is 1.41 bits per heavy atom. The van der Waals surface area contributed by atoms with Gasteiger partial charge in [-0.25, -0.2) is 13.8 Å². The lowest BCUT2D eigenvalue weighted by molar-refractivity contribution is -0.276. The number of aromatic nitrogens is 1. The number of aliphatic hydroxyl groups excluding tert-OH is 1. The third-order valence-electron chi connectivity index (χ3n) is 1.66. The molecule has 1 aromatic rings. The molecule has 1 N–H and O–H groups in total. The normalized spacial score (nSPS) is 12.0. The highest BCUT2D eigenvalue weighted by Gasteiger charge is 2.33. The van der Waals surface area contributed by atoms with E-state index in [9.17, 15) is 22.0 Å². The molecule has 1 aromatic heterocycles. The quantitative estimate of drug-likeness (QED) is 0.864. The maximum atomic E-state index is 12.4. The Hall–Kier alpha value is -1.15. The monoisotopic (exact) mass is 277 g/mol. The average molecular weight is 278 g/mol. The van der Waals surface area contributed by atoms with E-state index in [-0.39, 0.29) is 0 Å². The summed E-state index contributed by atoms with van der Waals surface area (Å²) in [6, 6.07) is 0.604. The Morgan fingerprint density at radius 2 is 2.00 bits per heavy atom. The first-order chi connectivity index (χ1) is 7.74. The summed E-state index contributed by atoms with van der Waals surface area (Å²) < 4.78 is 63.8. The van der Waals surface area contributed by atoms with E-state index >= 15 is 0 Å². The van der Waals surface area contributed by atoms with Crippen LogP contribution in [-0.4, -0.2) is 16.5 Å². The van der Waals surface area contributed by atoms with Gasteiger partial charge in [0.1, 0.15) is 5.69 Å². The van der Waals surface area contributed by atoms with Gasteiger partial charge in [-0.1, -0.05) is 11.6 Å². The molecule has 0 amide bonds. The molecule has 0 radical (unpaired) electrons. The summed E-state index contributed by atoms with van der Waals surface area (Å²) in [4.78, 5) is 2.95. The van der Waals surface area contributed by atoms with Gasteiger partial charge in [-0.3, -0.25) is 0 Å². The lowest BCUT2D eigenvalue weighted by Gasteiger charge is -2.12. The van der Waals surface area contributed by atoms with Crippen LogP contribution in [0.2, 0.25) is 5.02 Å². The molecular formula is C8H5ClF5NO2. The number of alkyl halides is 5. The Morgan fingerprint density at radius 3 is 2.41 bits per heavy atom. The van der Waals surface area contributed by atoms with Crippen LogP contribution in [0.15, 0.2) is 6.07 Å². The molecule has 0 saturated carbocycles. The van der Waals surface area contributed by atoms with Crippen molar-refractivity contribution in [3.63, 3.8) is 0 Å². The first-order valence-corrected chi connectivity index (χ1v) is 4.46. The van der Waals surface area contributed by atoms with Gasteiger partial charge in [0.25, 0.3) is 6.43 Å². The van der Waals surface area contributed by atoms with Gasteiger partial charge >= 0.3 is 6.36 Å². The highest BCUT2D eigenvalue weighted by molar-refractivity contribution is 6.31. The summed E-state index contributed by atoms with van der Waals surface area (Å²) >= 11 is 5.43. The Bertz CT molecular complexity index is 410. The van der Waals surface area contributed by atoms with Crippen LogP contribution >= 0.6 is 11.6 Å². The predicted octanol–water partition coefficient (Wildman–Crippen LogP) is 3.06. The van der Waals surface area contributed by atoms with Crippen LogP contribution in [0.1, 0.15) is 17.7 Å². The van der Waals surface area contributed by atoms with Crippen molar-refractivity contribution < 1.29 is 31.8 Å². The molecule has 0 aliphatic carbocycles. The summed E-state index contributed by atoms with van der Waals surface area (Å²) in [5.74, 6) is -1.10. The molecule has 0 fully saturated rings. The van der Waals surface area contributed by atoms with Gasteiger partial charge in [-0.2, -0.15) is 0 Å². The summed E-state index contributed by atoms with van der Waals surface area (Å²) in [7, 11) is 0. The van der Waals surface area contributed by atoms with Crippen LogP contribution in [0, 0.1) is 0 Å². The fourth-order valence-electron chi connectivity index (χ4n) is 1.04. The molecule has 0 unspecified atom stereocenters. The van der Waals surface area contributed by atoms with Gasteiger partial charge in [-0.05, 0) is 0 Å². The van der Waals surface area contributed by atoms with Crippen LogP contribution in [0.5, 0.6) is 5.88 Å². The second-order valence-corrected chi connectivity index (χ2v) is 3.22. The molecule has 0 saturated heterocycles. The van der Waals surface area contributed by atoms with Crippen LogP contribution in [-0.2, 0) is 6.61 Å². The summed E-state index contributed by atoms with van der Waals surface area (Å²) in [6.45, 7) is -0.863. The minimum Gasteiger partial charge on any atom is -0.392 e. The zero-order valence-electron chi connectivity index (χ0n) is 7.93. The molecule has 96 valence electrons. The maximum absolute atomic E-state index is 12.4. The minimum absolute atomic E-state index is 0.434.